The molecule has 5 heteroatoms. The lowest BCUT2D eigenvalue weighted by Crippen LogP contribution is -2.33. The number of aryl methyl sites for hydroxylation is 1. The van der Waals surface area contributed by atoms with Crippen LogP contribution in [-0.4, -0.2) is 29.5 Å². The van der Waals surface area contributed by atoms with Gasteiger partial charge >= 0.3 is 0 Å². The maximum absolute atomic E-state index is 12.4. The molecule has 0 aliphatic rings. The number of hydrogen-bond acceptors (Lipinski definition) is 2. The standard InChI is InChI=1S/C19H25N3O2/c1-13-12-18(19(24)21-11-10-20-16(4)23)15(3)22(13)14(2)17-8-6-5-7-9-17/h5-9,12,14H,10-11H2,1-4H3,(H,20,23)(H,21,24). The summed E-state index contributed by atoms with van der Waals surface area (Å²) in [6.45, 7) is 8.42. The van der Waals surface area contributed by atoms with Crippen LogP contribution < -0.4 is 10.6 Å². The van der Waals surface area contributed by atoms with Gasteiger partial charge in [0.05, 0.1) is 11.6 Å². The predicted octanol–water partition coefficient (Wildman–Crippen LogP) is 2.58. The highest BCUT2D eigenvalue weighted by molar-refractivity contribution is 5.95. The summed E-state index contributed by atoms with van der Waals surface area (Å²) in [5, 5.41) is 5.51. The number of aromatic nitrogens is 1. The van der Waals surface area contributed by atoms with Gasteiger partial charge in [-0.05, 0) is 32.4 Å². The molecule has 1 heterocycles. The van der Waals surface area contributed by atoms with Gasteiger partial charge in [0.1, 0.15) is 0 Å². The molecule has 0 aliphatic carbocycles. The number of nitrogens with zero attached hydrogens (tertiary/aromatic N) is 1. The van der Waals surface area contributed by atoms with E-state index in [0.29, 0.717) is 18.7 Å². The number of amides is 2. The number of hydrogen-bond donors (Lipinski definition) is 2. The van der Waals surface area contributed by atoms with Crippen molar-refractivity contribution in [3.05, 3.63) is 58.9 Å². The maximum Gasteiger partial charge on any atom is 0.253 e. The van der Waals surface area contributed by atoms with E-state index in [0.717, 1.165) is 11.4 Å². The first-order valence-corrected chi connectivity index (χ1v) is 8.17. The SMILES string of the molecule is CC(=O)NCCNC(=O)c1cc(C)n(C(C)c2ccccc2)c1C. The van der Waals surface area contributed by atoms with Crippen molar-refractivity contribution in [2.75, 3.05) is 13.1 Å². The zero-order valence-electron chi connectivity index (χ0n) is 14.7. The van der Waals surface area contributed by atoms with E-state index in [2.05, 4.69) is 34.3 Å². The van der Waals surface area contributed by atoms with Crippen molar-refractivity contribution in [2.45, 2.75) is 33.7 Å². The molecule has 0 bridgehead atoms. The fourth-order valence-corrected chi connectivity index (χ4v) is 2.99. The Hall–Kier alpha value is -2.56. The Balaban J connectivity index is 2.13. The van der Waals surface area contributed by atoms with Crippen molar-refractivity contribution in [3.8, 4) is 0 Å². The van der Waals surface area contributed by atoms with Crippen LogP contribution >= 0.6 is 0 Å². The molecule has 0 saturated heterocycles. The van der Waals surface area contributed by atoms with Crippen molar-refractivity contribution >= 4 is 11.8 Å². The lowest BCUT2D eigenvalue weighted by atomic mass is 10.1. The van der Waals surface area contributed by atoms with Crippen LogP contribution in [0.1, 0.15) is 47.2 Å². The summed E-state index contributed by atoms with van der Waals surface area (Å²) in [5.74, 6) is -0.209. The van der Waals surface area contributed by atoms with Gasteiger partial charge < -0.3 is 15.2 Å². The molecule has 0 radical (unpaired) electrons. The fourth-order valence-electron chi connectivity index (χ4n) is 2.99. The van der Waals surface area contributed by atoms with Gasteiger partial charge in [-0.2, -0.15) is 0 Å². The maximum atomic E-state index is 12.4. The third-order valence-corrected chi connectivity index (χ3v) is 4.18. The van der Waals surface area contributed by atoms with E-state index >= 15 is 0 Å². The Kier molecular flexibility index (Phi) is 5.79. The zero-order valence-corrected chi connectivity index (χ0v) is 14.7. The van der Waals surface area contributed by atoms with E-state index in [1.807, 2.05) is 38.1 Å². The van der Waals surface area contributed by atoms with E-state index in [-0.39, 0.29) is 17.9 Å². The first kappa shape index (κ1) is 17.8. The second kappa shape index (κ2) is 7.81. The van der Waals surface area contributed by atoms with Gasteiger partial charge in [-0.1, -0.05) is 30.3 Å². The molecule has 5 nitrogen and oxygen atoms in total. The van der Waals surface area contributed by atoms with E-state index in [4.69, 9.17) is 0 Å². The third-order valence-electron chi connectivity index (χ3n) is 4.18. The largest absolute Gasteiger partial charge is 0.355 e. The summed E-state index contributed by atoms with van der Waals surface area (Å²) in [6, 6.07) is 12.3. The third kappa shape index (κ3) is 4.04. The van der Waals surface area contributed by atoms with Gasteiger partial charge in [-0.25, -0.2) is 0 Å². The molecule has 2 amide bonds. The molecular formula is C19H25N3O2. The molecule has 1 atom stereocenters. The minimum Gasteiger partial charge on any atom is -0.355 e. The quantitative estimate of drug-likeness (QED) is 0.801. The van der Waals surface area contributed by atoms with Gasteiger partial charge in [-0.15, -0.1) is 0 Å². The summed E-state index contributed by atoms with van der Waals surface area (Å²) < 4.78 is 2.18. The van der Waals surface area contributed by atoms with Crippen molar-refractivity contribution in [2.24, 2.45) is 0 Å². The molecule has 2 aromatic rings. The summed E-state index contributed by atoms with van der Waals surface area (Å²) in [5.41, 5.74) is 3.88. The Bertz CT molecular complexity index is 720. The molecule has 0 fully saturated rings. The minimum atomic E-state index is -0.111. The van der Waals surface area contributed by atoms with Crippen LogP contribution in [0.2, 0.25) is 0 Å². The number of rotatable bonds is 6. The van der Waals surface area contributed by atoms with Crippen LogP contribution in [0.5, 0.6) is 0 Å². The van der Waals surface area contributed by atoms with Gasteiger partial charge in [0, 0.05) is 31.4 Å². The van der Waals surface area contributed by atoms with Crippen LogP contribution in [0.25, 0.3) is 0 Å². The Morgan fingerprint density at radius 3 is 2.33 bits per heavy atom. The van der Waals surface area contributed by atoms with Gasteiger partial charge in [0.15, 0.2) is 0 Å². The normalized spacial score (nSPS) is 11.8. The summed E-state index contributed by atoms with van der Waals surface area (Å²) >= 11 is 0. The van der Waals surface area contributed by atoms with E-state index < -0.39 is 0 Å². The molecule has 0 saturated carbocycles. The van der Waals surface area contributed by atoms with Crippen LogP contribution in [0.3, 0.4) is 0 Å². The van der Waals surface area contributed by atoms with E-state index in [1.165, 1.54) is 12.5 Å². The van der Waals surface area contributed by atoms with E-state index in [9.17, 15) is 9.59 Å². The van der Waals surface area contributed by atoms with Crippen molar-refractivity contribution in [3.63, 3.8) is 0 Å². The van der Waals surface area contributed by atoms with Crippen molar-refractivity contribution < 1.29 is 9.59 Å². The molecule has 1 aromatic heterocycles. The molecule has 2 rings (SSSR count). The molecule has 2 N–H and O–H groups in total. The molecule has 1 aromatic carbocycles. The molecular weight excluding hydrogens is 302 g/mol. The zero-order chi connectivity index (χ0) is 17.7. The highest BCUT2D eigenvalue weighted by atomic mass is 16.2. The number of nitrogens with one attached hydrogen (secondary N) is 2. The molecule has 1 unspecified atom stereocenters. The first-order valence-electron chi connectivity index (χ1n) is 8.17. The van der Waals surface area contributed by atoms with Gasteiger partial charge in [-0.3, -0.25) is 9.59 Å². The lowest BCUT2D eigenvalue weighted by Gasteiger charge is -2.19. The fraction of sp³-hybridized carbons (Fsp3) is 0.368. The Labute approximate surface area is 143 Å². The predicted molar refractivity (Wildman–Crippen MR) is 95.2 cm³/mol. The number of benzene rings is 1. The summed E-state index contributed by atoms with van der Waals surface area (Å²) in [6.07, 6.45) is 0. The summed E-state index contributed by atoms with van der Waals surface area (Å²) in [4.78, 5) is 23.2. The topological polar surface area (TPSA) is 63.1 Å². The second-order valence-electron chi connectivity index (χ2n) is 5.98. The van der Waals surface area contributed by atoms with Crippen LogP contribution in [0, 0.1) is 13.8 Å². The molecule has 24 heavy (non-hydrogen) atoms. The minimum absolute atomic E-state index is 0.0980. The van der Waals surface area contributed by atoms with Crippen LogP contribution in [-0.2, 0) is 4.79 Å². The second-order valence-corrected chi connectivity index (χ2v) is 5.98. The first-order chi connectivity index (χ1) is 11.4. The Morgan fingerprint density at radius 1 is 1.08 bits per heavy atom. The monoisotopic (exact) mass is 327 g/mol. The van der Waals surface area contributed by atoms with Crippen LogP contribution in [0.4, 0.5) is 0 Å². The lowest BCUT2D eigenvalue weighted by molar-refractivity contribution is -0.118. The smallest absolute Gasteiger partial charge is 0.253 e. The number of carbonyl (C=O) groups excluding carboxylic acids is 2. The summed E-state index contributed by atoms with van der Waals surface area (Å²) in [7, 11) is 0. The van der Waals surface area contributed by atoms with Gasteiger partial charge in [0.25, 0.3) is 5.91 Å². The molecule has 0 spiro atoms. The average molecular weight is 327 g/mol. The highest BCUT2D eigenvalue weighted by Crippen LogP contribution is 2.25. The highest BCUT2D eigenvalue weighted by Gasteiger charge is 2.19. The van der Waals surface area contributed by atoms with Crippen LogP contribution in [0.15, 0.2) is 36.4 Å². The van der Waals surface area contributed by atoms with Crippen molar-refractivity contribution in [1.82, 2.24) is 15.2 Å². The molecule has 0 aliphatic heterocycles. The van der Waals surface area contributed by atoms with Gasteiger partial charge in [0.2, 0.25) is 5.91 Å². The van der Waals surface area contributed by atoms with E-state index in [1.54, 1.807) is 0 Å². The Morgan fingerprint density at radius 2 is 1.71 bits per heavy atom. The van der Waals surface area contributed by atoms with Crippen molar-refractivity contribution in [1.29, 1.82) is 0 Å². The molecule has 128 valence electrons. The number of carbonyl (C=O) groups is 2. The average Bonchev–Trinajstić information content (AvgIpc) is 2.86.